The van der Waals surface area contributed by atoms with Crippen molar-refractivity contribution >= 4 is 17.6 Å². The number of carbonyl (C=O) groups is 2. The molecule has 0 bridgehead atoms. The first kappa shape index (κ1) is 11.7. The number of imide groups is 1. The minimum Gasteiger partial charge on any atom is -0.274 e. The van der Waals surface area contributed by atoms with Gasteiger partial charge in [0.1, 0.15) is 6.54 Å². The quantitative estimate of drug-likeness (QED) is 0.265. The lowest BCUT2D eigenvalue weighted by Crippen LogP contribution is -2.43. The normalized spacial score (nSPS) is 15.9. The second-order valence-corrected chi connectivity index (χ2v) is 4.08. The monoisotopic (exact) mass is 212 g/mol. The molecule has 0 aliphatic carbocycles. The van der Waals surface area contributed by atoms with E-state index in [4.69, 9.17) is 0 Å². The van der Waals surface area contributed by atoms with E-state index in [1.165, 1.54) is 4.90 Å². The zero-order valence-corrected chi connectivity index (χ0v) is 9.78. The van der Waals surface area contributed by atoms with Crippen molar-refractivity contribution in [3.63, 3.8) is 0 Å². The summed E-state index contributed by atoms with van der Waals surface area (Å²) in [5.41, 5.74) is 0. The van der Waals surface area contributed by atoms with Crippen LogP contribution in [0.4, 0.5) is 0 Å². The van der Waals surface area contributed by atoms with E-state index < -0.39 is 0 Å². The van der Waals surface area contributed by atoms with Gasteiger partial charge in [0.25, 0.3) is 5.84 Å². The first-order chi connectivity index (χ1) is 6.93. The molecule has 5 heteroatoms. The molecule has 2 amide bonds. The number of hydrogen-bond acceptors (Lipinski definition) is 2. The zero-order valence-electron chi connectivity index (χ0n) is 9.78. The number of amides is 2. The average molecular weight is 212 g/mol. The van der Waals surface area contributed by atoms with Crippen LogP contribution in [-0.4, -0.2) is 66.8 Å². The summed E-state index contributed by atoms with van der Waals surface area (Å²) in [4.78, 5) is 26.1. The Morgan fingerprint density at radius 2 is 1.73 bits per heavy atom. The first-order valence-electron chi connectivity index (χ1n) is 4.97. The van der Waals surface area contributed by atoms with Gasteiger partial charge in [0, 0.05) is 12.8 Å². The molecular weight excluding hydrogens is 194 g/mol. The van der Waals surface area contributed by atoms with Gasteiger partial charge < -0.3 is 0 Å². The maximum Gasteiger partial charge on any atom is 0.266 e. The molecule has 0 aromatic carbocycles. The lowest BCUT2D eigenvalue weighted by molar-refractivity contribution is -0.470. The highest BCUT2D eigenvalue weighted by molar-refractivity contribution is 6.04. The molecule has 0 radical (unpaired) electrons. The van der Waals surface area contributed by atoms with Crippen LogP contribution in [0.3, 0.4) is 0 Å². The fourth-order valence-corrected chi connectivity index (χ4v) is 1.62. The Balaban J connectivity index is 2.80. The third-order valence-electron chi connectivity index (χ3n) is 2.49. The molecule has 1 aliphatic heterocycles. The van der Waals surface area contributed by atoms with Crippen LogP contribution in [0.25, 0.3) is 0 Å². The van der Waals surface area contributed by atoms with Crippen LogP contribution in [0.15, 0.2) is 0 Å². The molecule has 0 aromatic heterocycles. The number of carbonyl (C=O) groups excluding carboxylic acids is 2. The minimum absolute atomic E-state index is 0.0683. The van der Waals surface area contributed by atoms with Gasteiger partial charge in [-0.25, -0.2) is 0 Å². The topological polar surface area (TPSA) is 43.6 Å². The maximum atomic E-state index is 11.4. The number of likely N-dealkylation sites (tertiary alicyclic amines) is 1. The maximum absolute atomic E-state index is 11.4. The van der Waals surface area contributed by atoms with Crippen molar-refractivity contribution < 1.29 is 14.2 Å². The van der Waals surface area contributed by atoms with Crippen LogP contribution in [-0.2, 0) is 9.59 Å². The molecule has 1 heterocycles. The first-order valence-corrected chi connectivity index (χ1v) is 4.97. The summed E-state index contributed by atoms with van der Waals surface area (Å²) in [5.74, 6) is 0.806. The fourth-order valence-electron chi connectivity index (χ4n) is 1.62. The highest BCUT2D eigenvalue weighted by atomic mass is 16.2. The van der Waals surface area contributed by atoms with Crippen molar-refractivity contribution in [1.29, 1.82) is 0 Å². The zero-order chi connectivity index (χ0) is 11.6. The summed E-state index contributed by atoms with van der Waals surface area (Å²) in [5, 5.41) is 0. The molecule has 1 aliphatic rings. The Hall–Kier alpha value is -1.39. The molecule has 1 fully saturated rings. The molecule has 1 rings (SSSR count). The van der Waals surface area contributed by atoms with Crippen LogP contribution >= 0.6 is 0 Å². The predicted octanol–water partition coefficient (Wildman–Crippen LogP) is -0.632. The van der Waals surface area contributed by atoms with Gasteiger partial charge in [-0.3, -0.25) is 24.0 Å². The van der Waals surface area contributed by atoms with E-state index in [0.29, 0.717) is 19.4 Å². The average Bonchev–Trinajstić information content (AvgIpc) is 2.42. The van der Waals surface area contributed by atoms with Crippen LogP contribution < -0.4 is 0 Å². The molecule has 15 heavy (non-hydrogen) atoms. The number of nitrogens with zero attached hydrogens (tertiary/aromatic N) is 3. The summed E-state index contributed by atoms with van der Waals surface area (Å²) in [6, 6.07) is 0. The van der Waals surface area contributed by atoms with Gasteiger partial charge in [0.15, 0.2) is 0 Å². The Morgan fingerprint density at radius 1 is 1.27 bits per heavy atom. The van der Waals surface area contributed by atoms with Gasteiger partial charge in [0.2, 0.25) is 11.8 Å². The molecule has 1 saturated heterocycles. The Bertz CT molecular complexity index is 301. The highest BCUT2D eigenvalue weighted by Gasteiger charge is 2.32. The van der Waals surface area contributed by atoms with Gasteiger partial charge >= 0.3 is 0 Å². The Labute approximate surface area is 90.0 Å². The van der Waals surface area contributed by atoms with Crippen molar-refractivity contribution in [2.75, 3.05) is 34.7 Å². The van der Waals surface area contributed by atoms with Crippen molar-refractivity contribution in [2.24, 2.45) is 0 Å². The summed E-state index contributed by atoms with van der Waals surface area (Å²) in [6.07, 6.45) is 0.708. The van der Waals surface area contributed by atoms with Crippen LogP contribution in [0.5, 0.6) is 0 Å². The van der Waals surface area contributed by atoms with Crippen LogP contribution in [0, 0.1) is 0 Å². The molecule has 0 N–H and O–H groups in total. The van der Waals surface area contributed by atoms with E-state index in [2.05, 4.69) is 0 Å². The summed E-state index contributed by atoms with van der Waals surface area (Å²) in [6.45, 7) is 0.373. The van der Waals surface area contributed by atoms with E-state index in [1.807, 2.05) is 37.7 Å². The van der Waals surface area contributed by atoms with Gasteiger partial charge in [-0.15, -0.1) is 0 Å². The highest BCUT2D eigenvalue weighted by Crippen LogP contribution is 2.11. The van der Waals surface area contributed by atoms with Crippen molar-refractivity contribution in [3.8, 4) is 0 Å². The van der Waals surface area contributed by atoms with Crippen molar-refractivity contribution in [3.05, 3.63) is 0 Å². The molecule has 0 atom stereocenters. The van der Waals surface area contributed by atoms with Gasteiger partial charge in [-0.1, -0.05) is 0 Å². The number of rotatable bonds is 2. The lowest BCUT2D eigenvalue weighted by Gasteiger charge is -2.17. The van der Waals surface area contributed by atoms with Crippen LogP contribution in [0.2, 0.25) is 0 Å². The summed E-state index contributed by atoms with van der Waals surface area (Å²) in [7, 11) is 7.61. The van der Waals surface area contributed by atoms with Gasteiger partial charge in [0.05, 0.1) is 28.2 Å². The van der Waals surface area contributed by atoms with Crippen molar-refractivity contribution in [2.45, 2.75) is 12.8 Å². The fraction of sp³-hybridized carbons (Fsp3) is 0.700. The smallest absolute Gasteiger partial charge is 0.266 e. The number of hydrogen-bond donors (Lipinski definition) is 0. The Kier molecular flexibility index (Phi) is 3.44. The third kappa shape index (κ3) is 2.55. The number of likely N-dealkylation sites (N-methyl/N-ethyl adjacent to an activating group) is 1. The molecule has 0 saturated carbocycles. The molecule has 84 valence electrons. The van der Waals surface area contributed by atoms with E-state index >= 15 is 0 Å². The van der Waals surface area contributed by atoms with Crippen LogP contribution in [0.1, 0.15) is 12.8 Å². The minimum atomic E-state index is -0.0683. The SMILES string of the molecule is CN(C)C(CN1C(=O)CCC1=O)=[N+](C)C. The van der Waals surface area contributed by atoms with E-state index in [1.54, 1.807) is 0 Å². The molecule has 0 aromatic rings. The summed E-state index contributed by atoms with van der Waals surface area (Å²) < 4.78 is 1.92. The van der Waals surface area contributed by atoms with E-state index in [0.717, 1.165) is 5.84 Å². The third-order valence-corrected chi connectivity index (χ3v) is 2.49. The molecule has 0 spiro atoms. The molecule has 0 unspecified atom stereocenters. The van der Waals surface area contributed by atoms with E-state index in [9.17, 15) is 9.59 Å². The number of amidine groups is 1. The van der Waals surface area contributed by atoms with Gasteiger partial charge in [-0.2, -0.15) is 0 Å². The van der Waals surface area contributed by atoms with E-state index in [-0.39, 0.29) is 11.8 Å². The van der Waals surface area contributed by atoms with Crippen molar-refractivity contribution in [1.82, 2.24) is 9.80 Å². The Morgan fingerprint density at radius 3 is 2.07 bits per heavy atom. The largest absolute Gasteiger partial charge is 0.274 e. The van der Waals surface area contributed by atoms with Gasteiger partial charge in [-0.05, 0) is 0 Å². The molecular formula is C10H18N3O2+. The lowest BCUT2D eigenvalue weighted by atomic mass is 10.4. The molecule has 5 nitrogen and oxygen atoms in total. The second-order valence-electron chi connectivity index (χ2n) is 4.08. The summed E-state index contributed by atoms with van der Waals surface area (Å²) >= 11 is 0. The standard InChI is InChI=1S/C10H18N3O2/c1-11(2)8(12(3)4)7-13-9(14)5-6-10(13)15/h5-7H2,1-4H3/q+1. The second kappa shape index (κ2) is 4.42. The predicted molar refractivity (Wildman–Crippen MR) is 56.8 cm³/mol.